The molecule has 0 spiro atoms. The number of rotatable bonds is 6. The minimum atomic E-state index is -0.988. The average Bonchev–Trinajstić information content (AvgIpc) is 3.23. The van der Waals surface area contributed by atoms with Gasteiger partial charge in [0.1, 0.15) is 11.3 Å². The van der Waals surface area contributed by atoms with Gasteiger partial charge in [0, 0.05) is 50.4 Å². The molecule has 12 heteroatoms. The summed E-state index contributed by atoms with van der Waals surface area (Å²) in [5, 5.41) is 17.0. The summed E-state index contributed by atoms with van der Waals surface area (Å²) >= 11 is 1.40. The second-order valence-electron chi connectivity index (χ2n) is 9.84. The number of hydrogen-bond acceptors (Lipinski definition) is 8. The van der Waals surface area contributed by atoms with E-state index in [4.69, 9.17) is 24.9 Å². The molecular weight excluding hydrogens is 482 g/mol. The topological polar surface area (TPSA) is 127 Å². The third-order valence-electron chi connectivity index (χ3n) is 7.04. The summed E-state index contributed by atoms with van der Waals surface area (Å²) in [5.41, 5.74) is 1.20. The Morgan fingerprint density at radius 3 is 2.83 bits per heavy atom. The fraction of sp³-hybridized carbons (Fsp3) is 0.542. The van der Waals surface area contributed by atoms with Crippen LogP contribution in [0.5, 0.6) is 0 Å². The Labute approximate surface area is 212 Å². The van der Waals surface area contributed by atoms with E-state index < -0.39 is 6.09 Å². The van der Waals surface area contributed by atoms with Gasteiger partial charge in [-0.2, -0.15) is 5.10 Å². The number of nitrogens with one attached hydrogen (secondary N) is 1. The van der Waals surface area contributed by atoms with Crippen molar-refractivity contribution in [2.45, 2.75) is 55.2 Å². The van der Waals surface area contributed by atoms with E-state index in [9.17, 15) is 9.59 Å². The van der Waals surface area contributed by atoms with Gasteiger partial charge in [0.25, 0.3) is 5.56 Å². The van der Waals surface area contributed by atoms with Crippen molar-refractivity contribution in [2.24, 2.45) is 12.5 Å². The number of ether oxygens (including phenoxy) is 1. The molecule has 0 saturated carbocycles. The fourth-order valence-corrected chi connectivity index (χ4v) is 5.54. The predicted octanol–water partition coefficient (Wildman–Crippen LogP) is 3.25. The number of aryl methyl sites for hydroxylation is 1. The number of hydrogen-bond donors (Lipinski definition) is 2. The van der Waals surface area contributed by atoms with Crippen LogP contribution in [0.4, 0.5) is 10.6 Å². The van der Waals surface area contributed by atoms with Crippen molar-refractivity contribution < 1.29 is 14.6 Å². The first-order valence-corrected chi connectivity index (χ1v) is 13.1. The Morgan fingerprint density at radius 1 is 1.33 bits per heavy atom. The van der Waals surface area contributed by atoms with Crippen LogP contribution in [0.25, 0.3) is 11.2 Å². The maximum atomic E-state index is 12.1. The minimum absolute atomic E-state index is 0.0802. The van der Waals surface area contributed by atoms with Gasteiger partial charge in [0.05, 0.1) is 6.20 Å². The van der Waals surface area contributed by atoms with Crippen LogP contribution < -0.4 is 15.8 Å². The molecule has 192 valence electrons. The number of fused-ring (bicyclic) bond motifs is 1. The first-order chi connectivity index (χ1) is 17.3. The third-order valence-corrected chi connectivity index (χ3v) is 8.00. The van der Waals surface area contributed by atoms with Crippen LogP contribution in [-0.2, 0) is 11.8 Å². The normalized spacial score (nSPS) is 19.9. The molecule has 0 radical (unpaired) electrons. The molecule has 36 heavy (non-hydrogen) atoms. The molecular formula is C24H31N7O4S. The summed E-state index contributed by atoms with van der Waals surface area (Å²) in [7, 11) is 1.72. The molecule has 2 N–H and O–H groups in total. The number of amides is 1. The van der Waals surface area contributed by atoms with Crippen LogP contribution in [-0.4, -0.2) is 61.8 Å². The third kappa shape index (κ3) is 5.19. The monoisotopic (exact) mass is 513 g/mol. The molecule has 3 aromatic rings. The average molecular weight is 514 g/mol. The number of pyridine rings is 1. The van der Waals surface area contributed by atoms with Gasteiger partial charge >= 0.3 is 6.09 Å². The zero-order valence-electron chi connectivity index (χ0n) is 20.5. The van der Waals surface area contributed by atoms with Crippen molar-refractivity contribution in [3.05, 3.63) is 34.9 Å². The molecule has 2 aliphatic rings. The van der Waals surface area contributed by atoms with Gasteiger partial charge < -0.3 is 24.6 Å². The van der Waals surface area contributed by atoms with E-state index in [0.717, 1.165) is 55.9 Å². The van der Waals surface area contributed by atoms with Crippen molar-refractivity contribution in [3.8, 4) is 0 Å². The van der Waals surface area contributed by atoms with Gasteiger partial charge in [-0.15, -0.1) is 0 Å². The Hall–Kier alpha value is -3.12. The Bertz CT molecular complexity index is 1310. The lowest BCUT2D eigenvalue weighted by atomic mass is 9.80. The Kier molecular flexibility index (Phi) is 6.89. The maximum Gasteiger partial charge on any atom is 0.404 e. The lowest BCUT2D eigenvalue weighted by Gasteiger charge is -2.39. The number of aromatic nitrogens is 5. The molecule has 0 aliphatic carbocycles. The molecule has 5 heterocycles. The summed E-state index contributed by atoms with van der Waals surface area (Å²) in [6, 6.07) is 3.48. The van der Waals surface area contributed by atoms with Crippen LogP contribution in [0.2, 0.25) is 0 Å². The van der Waals surface area contributed by atoms with Crippen LogP contribution in [0.1, 0.15) is 45.3 Å². The van der Waals surface area contributed by atoms with Gasteiger partial charge in [-0.3, -0.25) is 4.79 Å². The van der Waals surface area contributed by atoms with E-state index in [1.807, 2.05) is 10.7 Å². The maximum absolute atomic E-state index is 12.1. The SMILES string of the molecule is Cn1ccc(Sc2nn(C3CCCCO3)c3nc(N4CCC(C)(CNC(=O)O)CC4)cnc23)cc1=O. The standard InChI is InChI=1S/C24H31N7O4S/c1-24(15-26-23(33)34)7-10-30(11-8-24)17-14-25-20-21(27-17)31(19-5-3-4-12-35-19)28-22(20)36-16-6-9-29(2)18(32)13-16/h6,9,13-14,19,26H,3-5,7-8,10-12,15H2,1-2H3,(H,33,34). The van der Waals surface area contributed by atoms with Crippen molar-refractivity contribution in [3.63, 3.8) is 0 Å². The zero-order valence-corrected chi connectivity index (χ0v) is 21.3. The van der Waals surface area contributed by atoms with E-state index in [-0.39, 0.29) is 17.2 Å². The van der Waals surface area contributed by atoms with Crippen molar-refractivity contribution >= 4 is 34.8 Å². The van der Waals surface area contributed by atoms with Crippen molar-refractivity contribution in [1.82, 2.24) is 29.6 Å². The van der Waals surface area contributed by atoms with E-state index in [1.54, 1.807) is 25.5 Å². The molecule has 1 amide bonds. The van der Waals surface area contributed by atoms with E-state index in [0.29, 0.717) is 29.3 Å². The molecule has 5 rings (SSSR count). The largest absolute Gasteiger partial charge is 0.465 e. The molecule has 1 unspecified atom stereocenters. The highest BCUT2D eigenvalue weighted by atomic mass is 32.2. The minimum Gasteiger partial charge on any atom is -0.465 e. The van der Waals surface area contributed by atoms with Crippen molar-refractivity contribution in [2.75, 3.05) is 31.1 Å². The van der Waals surface area contributed by atoms with Crippen LogP contribution in [0, 0.1) is 5.41 Å². The number of carbonyl (C=O) groups is 1. The summed E-state index contributed by atoms with van der Waals surface area (Å²) in [5.74, 6) is 0.776. The highest BCUT2D eigenvalue weighted by Crippen LogP contribution is 2.36. The fourth-order valence-electron chi connectivity index (χ4n) is 4.66. The van der Waals surface area contributed by atoms with Crippen molar-refractivity contribution in [1.29, 1.82) is 0 Å². The second-order valence-corrected chi connectivity index (χ2v) is 10.9. The quantitative estimate of drug-likeness (QED) is 0.510. The van der Waals surface area contributed by atoms with Crippen LogP contribution in [0.3, 0.4) is 0 Å². The summed E-state index contributed by atoms with van der Waals surface area (Å²) in [6.07, 6.45) is 6.99. The van der Waals surface area contributed by atoms with E-state index in [2.05, 4.69) is 17.1 Å². The molecule has 2 saturated heterocycles. The smallest absolute Gasteiger partial charge is 0.404 e. The zero-order chi connectivity index (χ0) is 25.3. The summed E-state index contributed by atoms with van der Waals surface area (Å²) in [6.45, 7) is 4.77. The first kappa shape index (κ1) is 24.6. The molecule has 2 fully saturated rings. The lowest BCUT2D eigenvalue weighted by Crippen LogP contribution is -2.44. The lowest BCUT2D eigenvalue weighted by molar-refractivity contribution is -0.0376. The second kappa shape index (κ2) is 10.1. The molecule has 3 aromatic heterocycles. The van der Waals surface area contributed by atoms with Gasteiger partial charge in [-0.25, -0.2) is 19.4 Å². The molecule has 1 atom stereocenters. The number of anilines is 1. The van der Waals surface area contributed by atoms with Gasteiger partial charge in [-0.05, 0) is 43.6 Å². The Morgan fingerprint density at radius 2 is 2.14 bits per heavy atom. The highest BCUT2D eigenvalue weighted by molar-refractivity contribution is 7.99. The molecule has 2 aliphatic heterocycles. The van der Waals surface area contributed by atoms with Crippen LogP contribution in [0.15, 0.2) is 39.2 Å². The van der Waals surface area contributed by atoms with Gasteiger partial charge in [-0.1, -0.05) is 18.7 Å². The number of carboxylic acid groups (broad SMARTS) is 1. The molecule has 0 aromatic carbocycles. The first-order valence-electron chi connectivity index (χ1n) is 12.2. The van der Waals surface area contributed by atoms with E-state index in [1.165, 1.54) is 16.3 Å². The molecule has 11 nitrogen and oxygen atoms in total. The van der Waals surface area contributed by atoms with Crippen LogP contribution >= 0.6 is 11.8 Å². The number of nitrogens with zero attached hydrogens (tertiary/aromatic N) is 6. The number of piperidine rings is 1. The van der Waals surface area contributed by atoms with Gasteiger partial charge in [0.15, 0.2) is 16.9 Å². The Balaban J connectivity index is 1.43. The van der Waals surface area contributed by atoms with Gasteiger partial charge in [0.2, 0.25) is 0 Å². The highest BCUT2D eigenvalue weighted by Gasteiger charge is 2.32. The van der Waals surface area contributed by atoms with E-state index >= 15 is 0 Å². The summed E-state index contributed by atoms with van der Waals surface area (Å²) in [4.78, 5) is 35.8. The molecule has 0 bridgehead atoms. The summed E-state index contributed by atoms with van der Waals surface area (Å²) < 4.78 is 9.41. The predicted molar refractivity (Wildman–Crippen MR) is 136 cm³/mol.